The first-order valence-electron chi connectivity index (χ1n) is 12.3. The maximum Gasteiger partial charge on any atom is 0.262 e. The second kappa shape index (κ2) is 9.94. The van der Waals surface area contributed by atoms with Gasteiger partial charge in [-0.15, -0.1) is 0 Å². The third-order valence-corrected chi connectivity index (χ3v) is 7.31. The number of rotatable bonds is 5. The van der Waals surface area contributed by atoms with Gasteiger partial charge in [-0.05, 0) is 68.1 Å². The number of amides is 1. The molecule has 2 aromatic rings. The predicted molar refractivity (Wildman–Crippen MR) is 137 cm³/mol. The number of anilines is 1. The van der Waals surface area contributed by atoms with Crippen molar-refractivity contribution in [3.63, 3.8) is 0 Å². The molecule has 1 aliphatic heterocycles. The lowest BCUT2D eigenvalue weighted by molar-refractivity contribution is -0.119. The van der Waals surface area contributed by atoms with E-state index in [1.54, 1.807) is 18.2 Å². The van der Waals surface area contributed by atoms with Crippen LogP contribution in [-0.4, -0.2) is 24.1 Å². The van der Waals surface area contributed by atoms with Crippen molar-refractivity contribution in [1.29, 1.82) is 0 Å². The summed E-state index contributed by atoms with van der Waals surface area (Å²) in [4.78, 5) is 38.9. The monoisotopic (exact) mass is 505 g/mol. The molecule has 5 rings (SSSR count). The molecule has 7 heteroatoms. The Morgan fingerprint density at radius 1 is 0.944 bits per heavy atom. The molecule has 2 aromatic carbocycles. The highest BCUT2D eigenvalue weighted by molar-refractivity contribution is 6.30. The summed E-state index contributed by atoms with van der Waals surface area (Å²) >= 11 is 6.39. The Bertz CT molecular complexity index is 1300. The molecule has 1 N–H and O–H groups in total. The van der Waals surface area contributed by atoms with Gasteiger partial charge in [-0.2, -0.15) is 0 Å². The maximum absolute atomic E-state index is 13.1. The fourth-order valence-electron chi connectivity index (χ4n) is 5.16. The second-order valence-electron chi connectivity index (χ2n) is 9.58. The van der Waals surface area contributed by atoms with Crippen LogP contribution < -0.4 is 10.1 Å². The number of aryl methyl sites for hydroxylation is 2. The van der Waals surface area contributed by atoms with Gasteiger partial charge in [-0.25, -0.2) is 0 Å². The quantitative estimate of drug-likeness (QED) is 0.530. The van der Waals surface area contributed by atoms with Crippen LogP contribution in [0.1, 0.15) is 61.1 Å². The summed E-state index contributed by atoms with van der Waals surface area (Å²) in [6.07, 6.45) is 3.56. The minimum atomic E-state index is -0.610. The van der Waals surface area contributed by atoms with Crippen molar-refractivity contribution in [2.45, 2.75) is 58.3 Å². The average Bonchev–Trinajstić information content (AvgIpc) is 2.85. The largest absolute Gasteiger partial charge is 0.483 e. The molecular formula is C29H28ClNO5. The summed E-state index contributed by atoms with van der Waals surface area (Å²) in [6, 6.07) is 10.8. The predicted octanol–water partition coefficient (Wildman–Crippen LogP) is 6.10. The van der Waals surface area contributed by atoms with E-state index < -0.39 is 5.92 Å². The van der Waals surface area contributed by atoms with Gasteiger partial charge in [0.1, 0.15) is 17.3 Å². The van der Waals surface area contributed by atoms with Crippen LogP contribution in [0.5, 0.6) is 5.75 Å². The first kappa shape index (κ1) is 24.3. The van der Waals surface area contributed by atoms with Gasteiger partial charge in [-0.1, -0.05) is 17.7 Å². The van der Waals surface area contributed by atoms with E-state index >= 15 is 0 Å². The van der Waals surface area contributed by atoms with Crippen molar-refractivity contribution in [2.24, 2.45) is 0 Å². The molecule has 0 saturated heterocycles. The van der Waals surface area contributed by atoms with Gasteiger partial charge in [0.15, 0.2) is 18.2 Å². The Morgan fingerprint density at radius 3 is 2.25 bits per heavy atom. The number of halogens is 1. The Morgan fingerprint density at radius 2 is 1.61 bits per heavy atom. The first-order chi connectivity index (χ1) is 17.3. The number of nitrogens with one attached hydrogen (secondary N) is 1. The van der Waals surface area contributed by atoms with Crippen LogP contribution in [0.15, 0.2) is 59.1 Å². The van der Waals surface area contributed by atoms with Crippen molar-refractivity contribution in [3.05, 3.63) is 80.8 Å². The molecule has 186 valence electrons. The summed E-state index contributed by atoms with van der Waals surface area (Å²) in [5, 5.41) is 3.32. The minimum Gasteiger partial charge on any atom is -0.483 e. The molecule has 0 bridgehead atoms. The van der Waals surface area contributed by atoms with Crippen LogP contribution in [0.2, 0.25) is 5.02 Å². The summed E-state index contributed by atoms with van der Waals surface area (Å²) < 4.78 is 12.1. The number of hydrogen-bond acceptors (Lipinski definition) is 5. The van der Waals surface area contributed by atoms with Crippen LogP contribution >= 0.6 is 11.6 Å². The van der Waals surface area contributed by atoms with Crippen molar-refractivity contribution < 1.29 is 23.9 Å². The molecule has 0 unspecified atom stereocenters. The average molecular weight is 506 g/mol. The molecule has 0 saturated carbocycles. The number of ketones is 2. The highest BCUT2D eigenvalue weighted by Crippen LogP contribution is 2.50. The molecule has 0 atom stereocenters. The van der Waals surface area contributed by atoms with Crippen molar-refractivity contribution >= 4 is 34.8 Å². The lowest BCUT2D eigenvalue weighted by atomic mass is 9.73. The fourth-order valence-corrected chi connectivity index (χ4v) is 5.35. The number of Topliss-reactive ketones (excluding diaryl/α,β-unsaturated/α-hetero) is 2. The SMILES string of the molecule is Cc1ccc(NC(=O)COc2ccc(Cl)cc2C2C3=C(CCCC3=O)OC3=C2C(=O)CCC3)cc1C. The Balaban J connectivity index is 1.47. The first-order valence-corrected chi connectivity index (χ1v) is 12.7. The minimum absolute atomic E-state index is 0.0235. The maximum atomic E-state index is 13.1. The van der Waals surface area contributed by atoms with Crippen LogP contribution in [-0.2, 0) is 19.1 Å². The van der Waals surface area contributed by atoms with E-state index in [9.17, 15) is 14.4 Å². The van der Waals surface area contributed by atoms with Crippen LogP contribution in [0, 0.1) is 13.8 Å². The summed E-state index contributed by atoms with van der Waals surface area (Å²) in [6.45, 7) is 3.77. The zero-order valence-electron chi connectivity index (χ0n) is 20.4. The van der Waals surface area contributed by atoms with Crippen molar-refractivity contribution in [3.8, 4) is 5.75 Å². The molecule has 0 radical (unpaired) electrons. The zero-order valence-corrected chi connectivity index (χ0v) is 21.2. The van der Waals surface area contributed by atoms with Crippen molar-refractivity contribution in [2.75, 3.05) is 11.9 Å². The Hall–Kier alpha value is -3.38. The normalized spacial score (nSPS) is 18.0. The van der Waals surface area contributed by atoms with Gasteiger partial charge in [0.25, 0.3) is 5.91 Å². The van der Waals surface area contributed by atoms with Crippen LogP contribution in [0.4, 0.5) is 5.69 Å². The van der Waals surface area contributed by atoms with E-state index in [1.807, 2.05) is 32.0 Å². The molecule has 2 aliphatic carbocycles. The Labute approximate surface area is 215 Å². The van der Waals surface area contributed by atoms with E-state index in [2.05, 4.69) is 5.32 Å². The number of hydrogen-bond donors (Lipinski definition) is 1. The second-order valence-corrected chi connectivity index (χ2v) is 10.0. The standard InChI is InChI=1S/C29H28ClNO5/c1-16-9-11-19(13-17(16)2)31-26(34)15-35-23-12-10-18(30)14-20(23)27-28-21(32)5-3-7-24(28)36-25-8-4-6-22(33)29(25)27/h9-14,27H,3-8,15H2,1-2H3,(H,31,34). The lowest BCUT2D eigenvalue weighted by Crippen LogP contribution is -2.30. The molecule has 1 heterocycles. The topological polar surface area (TPSA) is 81.7 Å². The zero-order chi connectivity index (χ0) is 25.4. The molecule has 0 spiro atoms. The summed E-state index contributed by atoms with van der Waals surface area (Å²) in [5.74, 6) is 0.728. The third kappa shape index (κ3) is 4.70. The van der Waals surface area contributed by atoms with Crippen LogP contribution in [0.25, 0.3) is 0 Å². The number of allylic oxidation sites excluding steroid dienone is 4. The molecule has 1 amide bonds. The van der Waals surface area contributed by atoms with E-state index in [0.29, 0.717) is 70.4 Å². The molecule has 3 aliphatic rings. The van der Waals surface area contributed by atoms with E-state index in [1.165, 1.54) is 0 Å². The number of benzene rings is 2. The molecule has 6 nitrogen and oxygen atoms in total. The number of carbonyl (C=O) groups is 3. The molecule has 36 heavy (non-hydrogen) atoms. The van der Waals surface area contributed by atoms with Crippen molar-refractivity contribution in [1.82, 2.24) is 0 Å². The van der Waals surface area contributed by atoms with Gasteiger partial charge in [0.05, 0.1) is 5.92 Å². The van der Waals surface area contributed by atoms with E-state index in [-0.39, 0.29) is 24.1 Å². The van der Waals surface area contributed by atoms with Gasteiger partial charge in [0.2, 0.25) is 0 Å². The summed E-state index contributed by atoms with van der Waals surface area (Å²) in [5.41, 5.74) is 4.55. The van der Waals surface area contributed by atoms with Gasteiger partial charge >= 0.3 is 0 Å². The number of ether oxygens (including phenoxy) is 2. The third-order valence-electron chi connectivity index (χ3n) is 7.07. The molecule has 0 aromatic heterocycles. The highest BCUT2D eigenvalue weighted by atomic mass is 35.5. The lowest BCUT2D eigenvalue weighted by Gasteiger charge is -2.36. The smallest absolute Gasteiger partial charge is 0.262 e. The molecular weight excluding hydrogens is 478 g/mol. The highest BCUT2D eigenvalue weighted by Gasteiger charge is 2.42. The van der Waals surface area contributed by atoms with E-state index in [4.69, 9.17) is 21.1 Å². The molecule has 0 fully saturated rings. The fraction of sp³-hybridized carbons (Fsp3) is 0.345. The van der Waals surface area contributed by atoms with Gasteiger partial charge < -0.3 is 14.8 Å². The summed E-state index contributed by atoms with van der Waals surface area (Å²) in [7, 11) is 0. The number of carbonyl (C=O) groups excluding carboxylic acids is 3. The van der Waals surface area contributed by atoms with E-state index in [0.717, 1.165) is 24.0 Å². The Kier molecular flexibility index (Phi) is 6.71. The van der Waals surface area contributed by atoms with Crippen LogP contribution in [0.3, 0.4) is 0 Å². The van der Waals surface area contributed by atoms with Gasteiger partial charge in [0, 0.05) is 53.1 Å². The van der Waals surface area contributed by atoms with Gasteiger partial charge in [-0.3, -0.25) is 14.4 Å².